The molecule has 12 heteroatoms. The Morgan fingerprint density at radius 3 is 1.35 bits per heavy atom. The third-order valence-corrected chi connectivity index (χ3v) is 14.2. The standard InChI is InChI=1S/C32H29NO4.C18H19NO3.C17H14N2O/c1-22-17-18-26-20-33(31(34)29(24-13-7-3-8-14-24)25-15-9-4-10-16-25)28(32(35)36)19-27(26)30(22)37-21-23-11-5-2-6-12-23;1-12-7-8-14-10-19-16(18(20)21)9-15(14)17(12)22-11-13-5-3-2-4-6-13;20-17(19-13-7-12-18-19)16(14-8-3-1-4-9-14)15-10-5-2-6-11-15/h2-18,28-29H,19-21H2,1H3,(H,35,36);2-8,16,19H,9-11H2,1H3,(H,20,21);1-13,16H/t28-;16-;/m00./s1. The Morgan fingerprint density at radius 2 is 0.937 bits per heavy atom. The Balaban J connectivity index is 0.000000154. The number of carboxylic acids is 2. The first kappa shape index (κ1) is 54.4. The van der Waals surface area contributed by atoms with Crippen molar-refractivity contribution in [3.05, 3.63) is 291 Å². The fourth-order valence-electron chi connectivity index (χ4n) is 10.2. The van der Waals surface area contributed by atoms with Crippen molar-refractivity contribution >= 4 is 23.8 Å². The molecule has 0 spiro atoms. The molecule has 2 aliphatic rings. The van der Waals surface area contributed by atoms with Gasteiger partial charge in [-0.3, -0.25) is 14.4 Å². The van der Waals surface area contributed by atoms with Gasteiger partial charge >= 0.3 is 11.9 Å². The van der Waals surface area contributed by atoms with Gasteiger partial charge in [-0.2, -0.15) is 5.10 Å². The monoisotopic (exact) mass is 1050 g/mol. The summed E-state index contributed by atoms with van der Waals surface area (Å²) in [4.78, 5) is 52.1. The Bertz CT molecular complexity index is 3380. The van der Waals surface area contributed by atoms with Crippen molar-refractivity contribution < 1.29 is 38.9 Å². The number of ether oxygens (including phenoxy) is 2. The lowest BCUT2D eigenvalue weighted by Gasteiger charge is -2.37. The number of nitrogens with one attached hydrogen (secondary N) is 1. The van der Waals surface area contributed by atoms with E-state index in [1.54, 1.807) is 18.5 Å². The molecule has 0 radical (unpaired) electrons. The number of hydrogen-bond acceptors (Lipinski definition) is 8. The van der Waals surface area contributed by atoms with Gasteiger partial charge in [0.2, 0.25) is 5.91 Å². The highest BCUT2D eigenvalue weighted by Crippen LogP contribution is 2.38. The minimum atomic E-state index is -1.02. The van der Waals surface area contributed by atoms with E-state index in [2.05, 4.69) is 10.4 Å². The predicted molar refractivity (Wildman–Crippen MR) is 304 cm³/mol. The summed E-state index contributed by atoms with van der Waals surface area (Å²) in [6.07, 6.45) is 3.95. The van der Waals surface area contributed by atoms with Crippen molar-refractivity contribution in [2.75, 3.05) is 0 Å². The van der Waals surface area contributed by atoms with Gasteiger partial charge in [0.1, 0.15) is 36.8 Å². The fourth-order valence-corrected chi connectivity index (χ4v) is 10.2. The maximum atomic E-state index is 14.1. The number of carbonyl (C=O) groups excluding carboxylic acids is 2. The molecular weight excluding hydrogens is 989 g/mol. The number of carboxylic acid groups (broad SMARTS) is 2. The van der Waals surface area contributed by atoms with E-state index < -0.39 is 29.9 Å². The third-order valence-electron chi connectivity index (χ3n) is 14.2. The summed E-state index contributed by atoms with van der Waals surface area (Å²) >= 11 is 0. The van der Waals surface area contributed by atoms with Gasteiger partial charge in [-0.1, -0.05) is 206 Å². The van der Waals surface area contributed by atoms with Crippen LogP contribution in [0.4, 0.5) is 0 Å². The predicted octanol–water partition coefficient (Wildman–Crippen LogP) is 11.8. The van der Waals surface area contributed by atoms with E-state index >= 15 is 0 Å². The van der Waals surface area contributed by atoms with E-state index in [1.807, 2.05) is 220 Å². The smallest absolute Gasteiger partial charge is 0.326 e. The Morgan fingerprint density at radius 1 is 0.519 bits per heavy atom. The zero-order valence-electron chi connectivity index (χ0n) is 44.1. The summed E-state index contributed by atoms with van der Waals surface area (Å²) in [6.45, 7) is 5.62. The highest BCUT2D eigenvalue weighted by molar-refractivity contribution is 5.91. The molecule has 8 aromatic carbocycles. The number of nitrogens with zero attached hydrogens (tertiary/aromatic N) is 3. The summed E-state index contributed by atoms with van der Waals surface area (Å²) in [7, 11) is 0. The van der Waals surface area contributed by atoms with Gasteiger partial charge in [0, 0.05) is 49.5 Å². The molecule has 0 unspecified atom stereocenters. The van der Waals surface area contributed by atoms with Crippen molar-refractivity contribution in [1.82, 2.24) is 20.0 Å². The lowest BCUT2D eigenvalue weighted by atomic mass is 9.86. The first-order valence-corrected chi connectivity index (χ1v) is 26.3. The number of aromatic nitrogens is 2. The van der Waals surface area contributed by atoms with Crippen LogP contribution < -0.4 is 14.8 Å². The van der Waals surface area contributed by atoms with Gasteiger partial charge in [-0.15, -0.1) is 0 Å². The highest BCUT2D eigenvalue weighted by atomic mass is 16.5. The lowest BCUT2D eigenvalue weighted by molar-refractivity contribution is -0.151. The van der Waals surface area contributed by atoms with E-state index in [1.165, 1.54) is 9.58 Å². The molecule has 9 aromatic rings. The molecule has 1 aromatic heterocycles. The molecule has 2 aliphatic heterocycles. The molecule has 79 heavy (non-hydrogen) atoms. The average Bonchev–Trinajstić information content (AvgIpc) is 4.09. The Kier molecular flexibility index (Phi) is 18.0. The number of benzene rings is 8. The van der Waals surface area contributed by atoms with Crippen LogP contribution in [-0.4, -0.2) is 60.7 Å². The van der Waals surface area contributed by atoms with Crippen LogP contribution in [0.25, 0.3) is 0 Å². The molecule has 0 saturated heterocycles. The molecule has 2 atom stereocenters. The Hall–Kier alpha value is -9.39. The summed E-state index contributed by atoms with van der Waals surface area (Å²) in [6, 6.07) is 66.8. The number of rotatable bonds is 14. The molecule has 398 valence electrons. The molecular formula is C67H62N4O8. The summed E-state index contributed by atoms with van der Waals surface area (Å²) in [5, 5.41) is 26.6. The first-order chi connectivity index (χ1) is 38.5. The van der Waals surface area contributed by atoms with Crippen LogP contribution in [0.3, 0.4) is 0 Å². The van der Waals surface area contributed by atoms with E-state index in [-0.39, 0.29) is 30.7 Å². The number of aliphatic carboxylic acids is 2. The van der Waals surface area contributed by atoms with Crippen LogP contribution in [0.1, 0.15) is 83.4 Å². The maximum Gasteiger partial charge on any atom is 0.326 e. The van der Waals surface area contributed by atoms with Crippen LogP contribution in [0.5, 0.6) is 11.5 Å². The van der Waals surface area contributed by atoms with Crippen molar-refractivity contribution in [2.45, 2.75) is 76.9 Å². The van der Waals surface area contributed by atoms with Gasteiger partial charge in [0.25, 0.3) is 5.91 Å². The van der Waals surface area contributed by atoms with Crippen LogP contribution in [-0.2, 0) is 53.5 Å². The second-order valence-electron chi connectivity index (χ2n) is 19.5. The molecule has 12 nitrogen and oxygen atoms in total. The molecule has 0 saturated carbocycles. The quantitative estimate of drug-likeness (QED) is 0.0956. The normalized spacial score (nSPS) is 14.3. The maximum absolute atomic E-state index is 14.1. The first-order valence-electron chi connectivity index (χ1n) is 26.3. The number of hydrogen-bond donors (Lipinski definition) is 3. The van der Waals surface area contributed by atoms with Crippen LogP contribution in [0.2, 0.25) is 0 Å². The molecule has 0 aliphatic carbocycles. The van der Waals surface area contributed by atoms with Crippen LogP contribution in [0, 0.1) is 13.8 Å². The highest BCUT2D eigenvalue weighted by Gasteiger charge is 2.40. The second kappa shape index (κ2) is 26.1. The van der Waals surface area contributed by atoms with Gasteiger partial charge in [-0.25, -0.2) is 9.48 Å². The SMILES string of the molecule is Cc1ccc2c(c1OCc1ccccc1)C[C@@H](C(=O)O)N(C(=O)C(c1ccccc1)c1ccccc1)C2.Cc1ccc2c(c1OCc1ccccc1)C[C@@H](C(=O)O)NC2.O=C(C(c1ccccc1)c1ccccc1)n1cccn1. The summed E-state index contributed by atoms with van der Waals surface area (Å²) in [5.74, 6) is -1.50. The topological polar surface area (TPSA) is 160 Å². The lowest BCUT2D eigenvalue weighted by Crippen LogP contribution is -2.50. The van der Waals surface area contributed by atoms with Crippen molar-refractivity contribution in [3.8, 4) is 11.5 Å². The minimum Gasteiger partial charge on any atom is -0.488 e. The molecule has 3 heterocycles. The van der Waals surface area contributed by atoms with Gasteiger partial charge < -0.3 is 29.9 Å². The molecule has 3 N–H and O–H groups in total. The number of fused-ring (bicyclic) bond motifs is 2. The average molecular weight is 1050 g/mol. The number of carbonyl (C=O) groups is 4. The number of amides is 1. The third kappa shape index (κ3) is 13.4. The molecule has 0 fully saturated rings. The van der Waals surface area contributed by atoms with Crippen molar-refractivity contribution in [3.63, 3.8) is 0 Å². The van der Waals surface area contributed by atoms with E-state index in [0.29, 0.717) is 31.9 Å². The van der Waals surface area contributed by atoms with E-state index in [0.717, 1.165) is 72.5 Å². The van der Waals surface area contributed by atoms with Gasteiger partial charge in [-0.05, 0) is 75.5 Å². The van der Waals surface area contributed by atoms with Crippen LogP contribution in [0.15, 0.2) is 225 Å². The summed E-state index contributed by atoms with van der Waals surface area (Å²) < 4.78 is 13.7. The van der Waals surface area contributed by atoms with Crippen molar-refractivity contribution in [2.24, 2.45) is 0 Å². The zero-order valence-corrected chi connectivity index (χ0v) is 44.1. The fraction of sp³-hybridized carbons (Fsp3) is 0.179. The van der Waals surface area contributed by atoms with Gasteiger partial charge in [0.05, 0.1) is 11.8 Å². The van der Waals surface area contributed by atoms with Crippen molar-refractivity contribution in [1.29, 1.82) is 0 Å². The minimum absolute atomic E-state index is 0.0487. The molecule has 1 amide bonds. The van der Waals surface area contributed by atoms with E-state index in [9.17, 15) is 29.4 Å². The zero-order chi connectivity index (χ0) is 55.1. The Labute approximate surface area is 460 Å². The van der Waals surface area contributed by atoms with Crippen LogP contribution >= 0.6 is 0 Å². The molecule has 11 rings (SSSR count). The number of aryl methyl sites for hydroxylation is 2. The van der Waals surface area contributed by atoms with Gasteiger partial charge in [0.15, 0.2) is 0 Å². The largest absolute Gasteiger partial charge is 0.488 e. The molecule has 0 bridgehead atoms. The van der Waals surface area contributed by atoms with E-state index in [4.69, 9.17) is 9.47 Å². The summed E-state index contributed by atoms with van der Waals surface area (Å²) in [5.41, 5.74) is 11.7. The second-order valence-corrected chi connectivity index (χ2v) is 19.5.